The van der Waals surface area contributed by atoms with Crippen molar-refractivity contribution in [2.24, 2.45) is 0 Å². The summed E-state index contributed by atoms with van der Waals surface area (Å²) < 4.78 is 0. The van der Waals surface area contributed by atoms with Crippen molar-refractivity contribution in [3.05, 3.63) is 77.9 Å². The Bertz CT molecular complexity index is 815. The highest BCUT2D eigenvalue weighted by Crippen LogP contribution is 2.22. The predicted octanol–water partition coefficient (Wildman–Crippen LogP) is 5.61. The highest BCUT2D eigenvalue weighted by molar-refractivity contribution is 6.12. The molecule has 0 saturated carbocycles. The van der Waals surface area contributed by atoms with Crippen LogP contribution >= 0.6 is 0 Å². The molecule has 0 aliphatic heterocycles. The van der Waals surface area contributed by atoms with Crippen LogP contribution in [0.4, 0.5) is 5.69 Å². The van der Waals surface area contributed by atoms with Crippen molar-refractivity contribution in [1.29, 1.82) is 0 Å². The fraction of sp³-hybridized carbons (Fsp3) is 0.190. The van der Waals surface area contributed by atoms with E-state index in [-0.39, 0.29) is 5.91 Å². The van der Waals surface area contributed by atoms with Crippen molar-refractivity contribution in [2.45, 2.75) is 26.2 Å². The number of carbonyl (C=O) groups is 1. The minimum atomic E-state index is -0.0712. The maximum absolute atomic E-state index is 12.6. The van der Waals surface area contributed by atoms with Crippen molar-refractivity contribution < 1.29 is 4.79 Å². The molecule has 116 valence electrons. The molecule has 0 spiro atoms. The van der Waals surface area contributed by atoms with E-state index < -0.39 is 0 Å². The lowest BCUT2D eigenvalue weighted by atomic mass is 9.98. The van der Waals surface area contributed by atoms with E-state index in [0.29, 0.717) is 11.5 Å². The minimum Gasteiger partial charge on any atom is -0.322 e. The Morgan fingerprint density at radius 2 is 1.65 bits per heavy atom. The number of fused-ring (bicyclic) bond motifs is 1. The molecule has 3 rings (SSSR count). The molecule has 0 aromatic heterocycles. The van der Waals surface area contributed by atoms with Gasteiger partial charge in [0.1, 0.15) is 0 Å². The highest BCUT2D eigenvalue weighted by Gasteiger charge is 2.10. The first-order valence-corrected chi connectivity index (χ1v) is 8.08. The third kappa shape index (κ3) is 3.26. The summed E-state index contributed by atoms with van der Waals surface area (Å²) in [4.78, 5) is 12.6. The molecule has 0 saturated heterocycles. The van der Waals surface area contributed by atoms with E-state index in [2.05, 4.69) is 31.3 Å². The molecular formula is C21H21NO. The Morgan fingerprint density at radius 3 is 2.39 bits per heavy atom. The van der Waals surface area contributed by atoms with Gasteiger partial charge in [-0.2, -0.15) is 0 Å². The number of anilines is 1. The zero-order valence-electron chi connectivity index (χ0n) is 13.5. The van der Waals surface area contributed by atoms with Crippen LogP contribution in [-0.4, -0.2) is 5.91 Å². The highest BCUT2D eigenvalue weighted by atomic mass is 16.1. The number of carbonyl (C=O) groups excluding carboxylic acids is 1. The summed E-state index contributed by atoms with van der Waals surface area (Å²) in [5, 5.41) is 5.05. The van der Waals surface area contributed by atoms with Gasteiger partial charge in [-0.3, -0.25) is 4.79 Å². The second-order valence-corrected chi connectivity index (χ2v) is 5.91. The van der Waals surface area contributed by atoms with Gasteiger partial charge in [0.15, 0.2) is 0 Å². The molecule has 0 fully saturated rings. The van der Waals surface area contributed by atoms with Gasteiger partial charge in [-0.05, 0) is 46.9 Å². The van der Waals surface area contributed by atoms with Crippen LogP contribution in [-0.2, 0) is 0 Å². The summed E-state index contributed by atoms with van der Waals surface area (Å²) >= 11 is 0. The first-order valence-electron chi connectivity index (χ1n) is 8.08. The molecule has 0 aliphatic rings. The predicted molar refractivity (Wildman–Crippen MR) is 97.0 cm³/mol. The quantitative estimate of drug-likeness (QED) is 0.667. The van der Waals surface area contributed by atoms with E-state index in [1.807, 2.05) is 54.6 Å². The Hall–Kier alpha value is -2.61. The summed E-state index contributed by atoms with van der Waals surface area (Å²) in [7, 11) is 0. The third-order valence-electron chi connectivity index (χ3n) is 4.38. The van der Waals surface area contributed by atoms with E-state index in [1.165, 1.54) is 5.56 Å². The number of amides is 1. The van der Waals surface area contributed by atoms with Crippen molar-refractivity contribution >= 4 is 22.4 Å². The topological polar surface area (TPSA) is 29.1 Å². The van der Waals surface area contributed by atoms with E-state index in [0.717, 1.165) is 22.9 Å². The number of rotatable bonds is 4. The number of benzene rings is 3. The van der Waals surface area contributed by atoms with Gasteiger partial charge in [-0.15, -0.1) is 0 Å². The van der Waals surface area contributed by atoms with E-state index in [1.54, 1.807) is 0 Å². The SMILES string of the molecule is CCC(C)c1ccc(NC(=O)c2cccc3ccccc23)cc1. The molecule has 1 amide bonds. The molecule has 1 N–H and O–H groups in total. The van der Waals surface area contributed by atoms with Crippen LogP contribution in [0.15, 0.2) is 66.7 Å². The molecule has 2 heteroatoms. The second-order valence-electron chi connectivity index (χ2n) is 5.91. The van der Waals surface area contributed by atoms with Crippen molar-refractivity contribution in [1.82, 2.24) is 0 Å². The van der Waals surface area contributed by atoms with E-state index >= 15 is 0 Å². The van der Waals surface area contributed by atoms with Gasteiger partial charge < -0.3 is 5.32 Å². The van der Waals surface area contributed by atoms with Gasteiger partial charge in [-0.25, -0.2) is 0 Å². The molecule has 1 unspecified atom stereocenters. The van der Waals surface area contributed by atoms with Crippen molar-refractivity contribution in [3.8, 4) is 0 Å². The molecule has 0 radical (unpaired) electrons. The van der Waals surface area contributed by atoms with Crippen molar-refractivity contribution in [2.75, 3.05) is 5.32 Å². The van der Waals surface area contributed by atoms with Crippen molar-refractivity contribution in [3.63, 3.8) is 0 Å². The summed E-state index contributed by atoms with van der Waals surface area (Å²) in [6.07, 6.45) is 1.11. The first kappa shape index (κ1) is 15.3. The van der Waals surface area contributed by atoms with Gasteiger partial charge in [0.25, 0.3) is 5.91 Å². The average molecular weight is 303 g/mol. The fourth-order valence-electron chi connectivity index (χ4n) is 2.75. The number of hydrogen-bond donors (Lipinski definition) is 1. The molecule has 0 aliphatic carbocycles. The minimum absolute atomic E-state index is 0.0712. The van der Waals surface area contributed by atoms with Gasteiger partial charge >= 0.3 is 0 Å². The number of hydrogen-bond acceptors (Lipinski definition) is 1. The zero-order chi connectivity index (χ0) is 16.2. The lowest BCUT2D eigenvalue weighted by Crippen LogP contribution is -2.12. The standard InChI is InChI=1S/C21H21NO/c1-3-15(2)16-11-13-18(14-12-16)22-21(23)20-10-6-8-17-7-4-5-9-19(17)20/h4-15H,3H2,1-2H3,(H,22,23). The average Bonchev–Trinajstić information content (AvgIpc) is 2.61. The van der Waals surface area contributed by atoms with Crippen LogP contribution in [0.25, 0.3) is 10.8 Å². The Morgan fingerprint density at radius 1 is 0.957 bits per heavy atom. The van der Waals surface area contributed by atoms with Crippen LogP contribution in [0.3, 0.4) is 0 Å². The molecule has 23 heavy (non-hydrogen) atoms. The van der Waals surface area contributed by atoms with Crippen LogP contribution in [0.1, 0.15) is 42.1 Å². The molecule has 0 heterocycles. The van der Waals surface area contributed by atoms with Crippen LogP contribution < -0.4 is 5.32 Å². The molecule has 0 bridgehead atoms. The summed E-state index contributed by atoms with van der Waals surface area (Å²) in [5.74, 6) is 0.468. The zero-order valence-corrected chi connectivity index (χ0v) is 13.5. The van der Waals surface area contributed by atoms with Gasteiger partial charge in [-0.1, -0.05) is 62.4 Å². The van der Waals surface area contributed by atoms with E-state index in [9.17, 15) is 4.79 Å². The van der Waals surface area contributed by atoms with Gasteiger partial charge in [0.2, 0.25) is 0 Å². The Labute approximate surface area is 137 Å². The van der Waals surface area contributed by atoms with E-state index in [4.69, 9.17) is 0 Å². The lowest BCUT2D eigenvalue weighted by Gasteiger charge is -2.11. The second kappa shape index (κ2) is 6.66. The van der Waals surface area contributed by atoms with Gasteiger partial charge in [0.05, 0.1) is 0 Å². The van der Waals surface area contributed by atoms with Crippen LogP contribution in [0.5, 0.6) is 0 Å². The number of nitrogens with one attached hydrogen (secondary N) is 1. The summed E-state index contributed by atoms with van der Waals surface area (Å²) in [6, 6.07) is 21.9. The molecule has 2 nitrogen and oxygen atoms in total. The summed E-state index contributed by atoms with van der Waals surface area (Å²) in [6.45, 7) is 4.39. The third-order valence-corrected chi connectivity index (χ3v) is 4.38. The summed E-state index contributed by atoms with van der Waals surface area (Å²) in [5.41, 5.74) is 2.83. The Kier molecular flexibility index (Phi) is 4.42. The lowest BCUT2D eigenvalue weighted by molar-refractivity contribution is 0.102. The normalized spacial score (nSPS) is 12.1. The molecule has 1 atom stereocenters. The maximum Gasteiger partial charge on any atom is 0.256 e. The van der Waals surface area contributed by atoms with Crippen LogP contribution in [0, 0.1) is 0 Å². The largest absolute Gasteiger partial charge is 0.322 e. The maximum atomic E-state index is 12.6. The van der Waals surface area contributed by atoms with Crippen LogP contribution in [0.2, 0.25) is 0 Å². The Balaban J connectivity index is 1.83. The smallest absolute Gasteiger partial charge is 0.256 e. The molecular weight excluding hydrogens is 282 g/mol. The molecule has 3 aromatic carbocycles. The fourth-order valence-corrected chi connectivity index (χ4v) is 2.75. The first-order chi connectivity index (χ1) is 11.2. The van der Waals surface area contributed by atoms with Gasteiger partial charge in [0, 0.05) is 11.3 Å². The monoisotopic (exact) mass is 303 g/mol. The molecule has 3 aromatic rings.